The lowest BCUT2D eigenvalue weighted by Crippen LogP contribution is -2.22. The van der Waals surface area contributed by atoms with Crippen molar-refractivity contribution in [3.8, 4) is 0 Å². The maximum atomic E-state index is 6.33. The molecule has 0 spiro atoms. The topological polar surface area (TPSA) is 26.0 Å². The third-order valence-corrected chi connectivity index (χ3v) is 3.97. The number of aryl methyl sites for hydroxylation is 1. The molecule has 1 heteroatoms. The zero-order chi connectivity index (χ0) is 12.5. The Balaban J connectivity index is 1.72. The Morgan fingerprint density at radius 2 is 2.00 bits per heavy atom. The van der Waals surface area contributed by atoms with E-state index in [-0.39, 0.29) is 6.04 Å². The molecule has 0 bridgehead atoms. The minimum atomic E-state index is 0.156. The molecule has 1 aliphatic rings. The van der Waals surface area contributed by atoms with Gasteiger partial charge in [-0.3, -0.25) is 0 Å². The SMILES string of the molecule is Cc1cccc(C(N)CC2Cc3ccccc32)c1. The van der Waals surface area contributed by atoms with Crippen molar-refractivity contribution in [2.24, 2.45) is 5.73 Å². The van der Waals surface area contributed by atoms with Crippen LogP contribution >= 0.6 is 0 Å². The summed E-state index contributed by atoms with van der Waals surface area (Å²) in [6.45, 7) is 2.12. The minimum absolute atomic E-state index is 0.156. The standard InChI is InChI=1S/C17H19N/c1-12-5-4-7-14(9-12)17(18)11-15-10-13-6-2-3-8-16(13)15/h2-9,15,17H,10-11,18H2,1H3. The Kier molecular flexibility index (Phi) is 2.92. The van der Waals surface area contributed by atoms with Gasteiger partial charge in [-0.2, -0.15) is 0 Å². The van der Waals surface area contributed by atoms with Gasteiger partial charge >= 0.3 is 0 Å². The molecule has 3 rings (SSSR count). The van der Waals surface area contributed by atoms with E-state index in [2.05, 4.69) is 55.5 Å². The molecule has 1 aliphatic carbocycles. The molecule has 0 heterocycles. The highest BCUT2D eigenvalue weighted by atomic mass is 14.6. The molecule has 0 aromatic heterocycles. The van der Waals surface area contributed by atoms with Crippen LogP contribution in [0.5, 0.6) is 0 Å². The van der Waals surface area contributed by atoms with E-state index in [1.807, 2.05) is 0 Å². The van der Waals surface area contributed by atoms with Gasteiger partial charge in [0, 0.05) is 6.04 Å². The molecule has 0 radical (unpaired) electrons. The molecule has 2 atom stereocenters. The summed E-state index contributed by atoms with van der Waals surface area (Å²) in [5, 5.41) is 0. The first-order valence-electron chi connectivity index (χ1n) is 6.64. The summed E-state index contributed by atoms with van der Waals surface area (Å²) in [6.07, 6.45) is 2.25. The lowest BCUT2D eigenvalue weighted by Gasteiger charge is -2.32. The van der Waals surface area contributed by atoms with Crippen molar-refractivity contribution in [3.05, 3.63) is 70.8 Å². The predicted molar refractivity (Wildman–Crippen MR) is 75.6 cm³/mol. The van der Waals surface area contributed by atoms with Crippen LogP contribution in [0.4, 0.5) is 0 Å². The second kappa shape index (κ2) is 4.58. The van der Waals surface area contributed by atoms with Gasteiger partial charge in [-0.15, -0.1) is 0 Å². The second-order valence-electron chi connectivity index (χ2n) is 5.36. The van der Waals surface area contributed by atoms with Gasteiger partial charge in [-0.05, 0) is 42.4 Å². The van der Waals surface area contributed by atoms with Crippen molar-refractivity contribution in [1.29, 1.82) is 0 Å². The Morgan fingerprint density at radius 1 is 1.17 bits per heavy atom. The highest BCUT2D eigenvalue weighted by Crippen LogP contribution is 2.40. The van der Waals surface area contributed by atoms with Gasteiger partial charge < -0.3 is 5.73 Å². The normalized spacial score (nSPS) is 18.9. The molecular weight excluding hydrogens is 218 g/mol. The van der Waals surface area contributed by atoms with Gasteiger partial charge in [-0.25, -0.2) is 0 Å². The average molecular weight is 237 g/mol. The molecule has 0 amide bonds. The molecule has 0 saturated heterocycles. The highest BCUT2D eigenvalue weighted by Gasteiger charge is 2.27. The fourth-order valence-corrected chi connectivity index (χ4v) is 2.92. The molecule has 92 valence electrons. The summed E-state index contributed by atoms with van der Waals surface area (Å²) in [4.78, 5) is 0. The Labute approximate surface area is 109 Å². The van der Waals surface area contributed by atoms with Crippen molar-refractivity contribution in [2.45, 2.75) is 31.7 Å². The number of nitrogens with two attached hydrogens (primary N) is 1. The van der Waals surface area contributed by atoms with Gasteiger partial charge in [0.2, 0.25) is 0 Å². The smallest absolute Gasteiger partial charge is 0.0300 e. The van der Waals surface area contributed by atoms with Crippen LogP contribution in [0.2, 0.25) is 0 Å². The van der Waals surface area contributed by atoms with Crippen LogP contribution in [0.3, 0.4) is 0 Å². The third-order valence-electron chi connectivity index (χ3n) is 3.97. The highest BCUT2D eigenvalue weighted by molar-refractivity contribution is 5.40. The van der Waals surface area contributed by atoms with Crippen molar-refractivity contribution in [3.63, 3.8) is 0 Å². The van der Waals surface area contributed by atoms with E-state index in [4.69, 9.17) is 5.73 Å². The molecule has 0 aliphatic heterocycles. The molecule has 2 aromatic rings. The van der Waals surface area contributed by atoms with Crippen molar-refractivity contribution in [2.75, 3.05) is 0 Å². The number of hydrogen-bond acceptors (Lipinski definition) is 1. The summed E-state index contributed by atoms with van der Waals surface area (Å²) in [5.41, 5.74) is 11.9. The lowest BCUT2D eigenvalue weighted by atomic mass is 9.74. The summed E-state index contributed by atoms with van der Waals surface area (Å²) in [5.74, 6) is 0.650. The molecule has 0 fully saturated rings. The zero-order valence-corrected chi connectivity index (χ0v) is 10.8. The van der Waals surface area contributed by atoms with E-state index in [1.165, 1.54) is 28.7 Å². The number of hydrogen-bond donors (Lipinski definition) is 1. The predicted octanol–water partition coefficient (Wildman–Crippen LogP) is 3.72. The maximum absolute atomic E-state index is 6.33. The van der Waals surface area contributed by atoms with E-state index in [9.17, 15) is 0 Å². The van der Waals surface area contributed by atoms with Gasteiger partial charge in [0.15, 0.2) is 0 Å². The van der Waals surface area contributed by atoms with Gasteiger partial charge in [0.05, 0.1) is 0 Å². The molecule has 2 unspecified atom stereocenters. The van der Waals surface area contributed by atoms with Crippen LogP contribution in [-0.4, -0.2) is 0 Å². The van der Waals surface area contributed by atoms with Gasteiger partial charge in [-0.1, -0.05) is 54.1 Å². The monoisotopic (exact) mass is 237 g/mol. The molecule has 2 N–H and O–H groups in total. The van der Waals surface area contributed by atoms with Crippen molar-refractivity contribution in [1.82, 2.24) is 0 Å². The fraction of sp³-hybridized carbons (Fsp3) is 0.294. The van der Waals surface area contributed by atoms with Crippen LogP contribution in [0.15, 0.2) is 48.5 Å². The first kappa shape index (κ1) is 11.5. The Morgan fingerprint density at radius 3 is 2.78 bits per heavy atom. The van der Waals surface area contributed by atoms with Crippen LogP contribution < -0.4 is 5.73 Å². The average Bonchev–Trinajstić information content (AvgIpc) is 2.36. The summed E-state index contributed by atoms with van der Waals surface area (Å²) in [6, 6.07) is 17.4. The third kappa shape index (κ3) is 2.06. The van der Waals surface area contributed by atoms with Crippen LogP contribution in [-0.2, 0) is 6.42 Å². The Bertz CT molecular complexity index is 559. The van der Waals surface area contributed by atoms with E-state index in [1.54, 1.807) is 0 Å². The first-order chi connectivity index (χ1) is 8.74. The summed E-state index contributed by atoms with van der Waals surface area (Å²) >= 11 is 0. The molecule has 2 aromatic carbocycles. The summed E-state index contributed by atoms with van der Waals surface area (Å²) < 4.78 is 0. The van der Waals surface area contributed by atoms with Crippen molar-refractivity contribution < 1.29 is 0 Å². The largest absolute Gasteiger partial charge is 0.324 e. The Hall–Kier alpha value is -1.60. The van der Waals surface area contributed by atoms with E-state index >= 15 is 0 Å². The molecule has 0 saturated carbocycles. The van der Waals surface area contributed by atoms with E-state index in [0.717, 1.165) is 6.42 Å². The molecule has 18 heavy (non-hydrogen) atoms. The van der Waals surface area contributed by atoms with Gasteiger partial charge in [0.1, 0.15) is 0 Å². The van der Waals surface area contributed by atoms with Crippen molar-refractivity contribution >= 4 is 0 Å². The quantitative estimate of drug-likeness (QED) is 0.865. The summed E-state index contributed by atoms with van der Waals surface area (Å²) in [7, 11) is 0. The number of benzene rings is 2. The van der Waals surface area contributed by atoms with Crippen LogP contribution in [0.1, 0.15) is 40.6 Å². The van der Waals surface area contributed by atoms with Crippen LogP contribution in [0.25, 0.3) is 0 Å². The number of fused-ring (bicyclic) bond motifs is 1. The van der Waals surface area contributed by atoms with E-state index < -0.39 is 0 Å². The zero-order valence-electron chi connectivity index (χ0n) is 10.8. The maximum Gasteiger partial charge on any atom is 0.0300 e. The lowest BCUT2D eigenvalue weighted by molar-refractivity contribution is 0.498. The number of rotatable bonds is 3. The fourth-order valence-electron chi connectivity index (χ4n) is 2.92. The van der Waals surface area contributed by atoms with E-state index in [0.29, 0.717) is 5.92 Å². The van der Waals surface area contributed by atoms with Crippen LogP contribution in [0, 0.1) is 6.92 Å². The minimum Gasteiger partial charge on any atom is -0.324 e. The molecular formula is C17H19N. The van der Waals surface area contributed by atoms with Gasteiger partial charge in [0.25, 0.3) is 0 Å². The second-order valence-corrected chi connectivity index (χ2v) is 5.36. The first-order valence-corrected chi connectivity index (χ1v) is 6.64. The molecule has 1 nitrogen and oxygen atoms in total.